The van der Waals surface area contributed by atoms with Crippen LogP contribution in [-0.2, 0) is 6.54 Å². The summed E-state index contributed by atoms with van der Waals surface area (Å²) in [6.45, 7) is 0.789. The zero-order chi connectivity index (χ0) is 10.9. The van der Waals surface area contributed by atoms with Crippen LogP contribution in [0.2, 0.25) is 0 Å². The minimum atomic E-state index is -2.43. The van der Waals surface area contributed by atoms with Crippen LogP contribution in [0, 0.1) is 0 Å². The molecule has 2 rings (SSSR count). The summed E-state index contributed by atoms with van der Waals surface area (Å²) in [5, 5.41) is 3.05. The number of hydrogen-bond donors (Lipinski definition) is 1. The standard InChI is InChI=1S/C12H15F2N/c1-15-8-9-3-2-4-10(5-9)11-6-12(13,14)7-11/h2-5,11,15H,6-8H2,1H3. The van der Waals surface area contributed by atoms with Gasteiger partial charge in [0.1, 0.15) is 0 Å². The van der Waals surface area contributed by atoms with Crippen LogP contribution in [0.5, 0.6) is 0 Å². The smallest absolute Gasteiger partial charge is 0.249 e. The van der Waals surface area contributed by atoms with Gasteiger partial charge < -0.3 is 5.32 Å². The molecule has 0 amide bonds. The molecule has 82 valence electrons. The van der Waals surface area contributed by atoms with E-state index in [0.29, 0.717) is 0 Å². The third-order valence-electron chi connectivity index (χ3n) is 2.89. The highest BCUT2D eigenvalue weighted by Crippen LogP contribution is 2.48. The van der Waals surface area contributed by atoms with Crippen molar-refractivity contribution >= 4 is 0 Å². The molecule has 0 radical (unpaired) electrons. The number of halogens is 2. The van der Waals surface area contributed by atoms with E-state index in [2.05, 4.69) is 5.32 Å². The lowest BCUT2D eigenvalue weighted by Gasteiger charge is -2.35. The molecule has 1 aromatic rings. The lowest BCUT2D eigenvalue weighted by Crippen LogP contribution is -2.33. The maximum Gasteiger partial charge on any atom is 0.249 e. The lowest BCUT2D eigenvalue weighted by atomic mass is 9.76. The van der Waals surface area contributed by atoms with Gasteiger partial charge in [-0.25, -0.2) is 8.78 Å². The normalized spacial score (nSPS) is 19.9. The van der Waals surface area contributed by atoms with E-state index >= 15 is 0 Å². The van der Waals surface area contributed by atoms with Crippen molar-refractivity contribution in [3.8, 4) is 0 Å². The Morgan fingerprint density at radius 3 is 2.73 bits per heavy atom. The predicted molar refractivity (Wildman–Crippen MR) is 56.1 cm³/mol. The summed E-state index contributed by atoms with van der Waals surface area (Å²) in [7, 11) is 1.88. The fourth-order valence-corrected chi connectivity index (χ4v) is 2.06. The van der Waals surface area contributed by atoms with Crippen LogP contribution in [0.15, 0.2) is 24.3 Å². The average molecular weight is 211 g/mol. The van der Waals surface area contributed by atoms with Crippen LogP contribution in [0.25, 0.3) is 0 Å². The van der Waals surface area contributed by atoms with E-state index in [-0.39, 0.29) is 18.8 Å². The maximum atomic E-state index is 12.7. The lowest BCUT2D eigenvalue weighted by molar-refractivity contribution is -0.0867. The highest BCUT2D eigenvalue weighted by molar-refractivity contribution is 5.28. The Morgan fingerprint density at radius 1 is 1.40 bits per heavy atom. The first-order valence-corrected chi connectivity index (χ1v) is 5.22. The second-order valence-electron chi connectivity index (χ2n) is 4.24. The molecule has 1 aliphatic rings. The number of alkyl halides is 2. The van der Waals surface area contributed by atoms with Gasteiger partial charge in [-0.1, -0.05) is 24.3 Å². The SMILES string of the molecule is CNCc1cccc(C2CC(F)(F)C2)c1. The summed E-state index contributed by atoms with van der Waals surface area (Å²) >= 11 is 0. The van der Waals surface area contributed by atoms with Crippen LogP contribution < -0.4 is 5.32 Å². The molecule has 0 saturated heterocycles. The molecule has 1 N–H and O–H groups in total. The number of nitrogens with one attached hydrogen (secondary N) is 1. The first-order chi connectivity index (χ1) is 7.11. The summed E-state index contributed by atoms with van der Waals surface area (Å²) in [4.78, 5) is 0. The minimum Gasteiger partial charge on any atom is -0.316 e. The van der Waals surface area contributed by atoms with E-state index in [1.807, 2.05) is 31.3 Å². The first-order valence-electron chi connectivity index (χ1n) is 5.22. The molecule has 0 unspecified atom stereocenters. The van der Waals surface area contributed by atoms with Crippen LogP contribution in [0.1, 0.15) is 29.9 Å². The van der Waals surface area contributed by atoms with Crippen molar-refractivity contribution < 1.29 is 8.78 Å². The minimum absolute atomic E-state index is 0.00993. The van der Waals surface area contributed by atoms with Gasteiger partial charge in [-0.05, 0) is 24.1 Å². The van der Waals surface area contributed by atoms with Crippen molar-refractivity contribution in [1.29, 1.82) is 0 Å². The maximum absolute atomic E-state index is 12.7. The van der Waals surface area contributed by atoms with Gasteiger partial charge in [0.05, 0.1) is 0 Å². The van der Waals surface area contributed by atoms with E-state index in [9.17, 15) is 8.78 Å². The molecule has 0 aliphatic heterocycles. The second-order valence-corrected chi connectivity index (χ2v) is 4.24. The van der Waals surface area contributed by atoms with Gasteiger partial charge in [-0.3, -0.25) is 0 Å². The summed E-state index contributed by atoms with van der Waals surface area (Å²) in [6, 6.07) is 7.92. The molecule has 3 heteroatoms. The van der Waals surface area contributed by atoms with Crippen molar-refractivity contribution in [3.63, 3.8) is 0 Å². The molecule has 1 saturated carbocycles. The molecule has 1 nitrogen and oxygen atoms in total. The van der Waals surface area contributed by atoms with Crippen molar-refractivity contribution in [2.24, 2.45) is 0 Å². The van der Waals surface area contributed by atoms with Gasteiger partial charge in [0.25, 0.3) is 0 Å². The summed E-state index contributed by atoms with van der Waals surface area (Å²) in [5.41, 5.74) is 2.21. The first kappa shape index (κ1) is 10.6. The van der Waals surface area contributed by atoms with Gasteiger partial charge in [-0.2, -0.15) is 0 Å². The highest BCUT2D eigenvalue weighted by atomic mass is 19.3. The fraction of sp³-hybridized carbons (Fsp3) is 0.500. The molecular formula is C12H15F2N. The molecule has 0 heterocycles. The van der Waals surface area contributed by atoms with Crippen LogP contribution in [0.3, 0.4) is 0 Å². The molecule has 0 aromatic heterocycles. The van der Waals surface area contributed by atoms with Gasteiger partial charge in [0.2, 0.25) is 5.92 Å². The van der Waals surface area contributed by atoms with E-state index in [1.54, 1.807) is 0 Å². The Hall–Kier alpha value is -0.960. The van der Waals surface area contributed by atoms with Crippen molar-refractivity contribution in [2.75, 3.05) is 7.05 Å². The Kier molecular flexibility index (Phi) is 2.74. The van der Waals surface area contributed by atoms with E-state index < -0.39 is 5.92 Å². The quantitative estimate of drug-likeness (QED) is 0.810. The molecule has 15 heavy (non-hydrogen) atoms. The molecule has 0 atom stereocenters. The Balaban J connectivity index is 2.06. The molecule has 0 bridgehead atoms. The van der Waals surface area contributed by atoms with Crippen LogP contribution >= 0.6 is 0 Å². The number of hydrogen-bond acceptors (Lipinski definition) is 1. The topological polar surface area (TPSA) is 12.0 Å². The number of rotatable bonds is 3. The Morgan fingerprint density at radius 2 is 2.13 bits per heavy atom. The summed E-state index contributed by atoms with van der Waals surface area (Å²) < 4.78 is 25.4. The average Bonchev–Trinajstić information content (AvgIpc) is 2.15. The van der Waals surface area contributed by atoms with Gasteiger partial charge in [0.15, 0.2) is 0 Å². The monoisotopic (exact) mass is 211 g/mol. The van der Waals surface area contributed by atoms with E-state index in [1.165, 1.54) is 0 Å². The van der Waals surface area contributed by atoms with E-state index in [4.69, 9.17) is 0 Å². The highest BCUT2D eigenvalue weighted by Gasteiger charge is 2.45. The summed E-state index contributed by atoms with van der Waals surface area (Å²) in [5.74, 6) is -2.37. The number of benzene rings is 1. The van der Waals surface area contributed by atoms with Crippen molar-refractivity contribution in [3.05, 3.63) is 35.4 Å². The Bertz CT molecular complexity index is 341. The van der Waals surface area contributed by atoms with Crippen molar-refractivity contribution in [1.82, 2.24) is 5.32 Å². The Labute approximate surface area is 88.5 Å². The third kappa shape index (κ3) is 2.34. The zero-order valence-corrected chi connectivity index (χ0v) is 8.76. The predicted octanol–water partition coefficient (Wildman–Crippen LogP) is 2.92. The zero-order valence-electron chi connectivity index (χ0n) is 8.76. The van der Waals surface area contributed by atoms with Crippen molar-refractivity contribution in [2.45, 2.75) is 31.2 Å². The van der Waals surface area contributed by atoms with E-state index in [0.717, 1.165) is 17.7 Å². The largest absolute Gasteiger partial charge is 0.316 e. The third-order valence-corrected chi connectivity index (χ3v) is 2.89. The van der Waals surface area contributed by atoms with Crippen LogP contribution in [-0.4, -0.2) is 13.0 Å². The summed E-state index contributed by atoms with van der Waals surface area (Å²) in [6.07, 6.45) is 0.0199. The molecular weight excluding hydrogens is 196 g/mol. The van der Waals surface area contributed by atoms with Gasteiger partial charge >= 0.3 is 0 Å². The van der Waals surface area contributed by atoms with Crippen LogP contribution in [0.4, 0.5) is 8.78 Å². The fourth-order valence-electron chi connectivity index (χ4n) is 2.06. The molecule has 0 spiro atoms. The second kappa shape index (κ2) is 3.89. The molecule has 1 aromatic carbocycles. The molecule has 1 aliphatic carbocycles. The molecule has 1 fully saturated rings. The van der Waals surface area contributed by atoms with Gasteiger partial charge in [-0.15, -0.1) is 0 Å². The van der Waals surface area contributed by atoms with Gasteiger partial charge in [0, 0.05) is 19.4 Å².